The molecular formula is C23H21Cl2NO4. The molecule has 0 saturated heterocycles. The minimum Gasteiger partial charge on any atom is -0.466 e. The van der Waals surface area contributed by atoms with Gasteiger partial charge in [0.05, 0.1) is 31.3 Å². The molecule has 156 valence electrons. The molecule has 2 aromatic rings. The summed E-state index contributed by atoms with van der Waals surface area (Å²) in [5.41, 5.74) is 3.48. The molecule has 5 nitrogen and oxygen atoms in total. The Labute approximate surface area is 185 Å². The number of nitrogens with zero attached hydrogens (tertiary/aromatic N) is 1. The first-order chi connectivity index (χ1) is 14.3. The van der Waals surface area contributed by atoms with Crippen molar-refractivity contribution in [1.29, 1.82) is 0 Å². The third-order valence-corrected chi connectivity index (χ3v) is 5.63. The average Bonchev–Trinajstić information content (AvgIpc) is 2.74. The Bertz CT molecular complexity index is 1000. The molecule has 1 aliphatic heterocycles. The molecule has 1 heterocycles. The van der Waals surface area contributed by atoms with Gasteiger partial charge in [-0.3, -0.25) is 0 Å². The summed E-state index contributed by atoms with van der Waals surface area (Å²) >= 11 is 12.1. The highest BCUT2D eigenvalue weighted by molar-refractivity contribution is 6.30. The van der Waals surface area contributed by atoms with Crippen molar-refractivity contribution in [1.82, 2.24) is 0 Å². The van der Waals surface area contributed by atoms with Gasteiger partial charge in [0.1, 0.15) is 0 Å². The maximum absolute atomic E-state index is 12.9. The van der Waals surface area contributed by atoms with Crippen LogP contribution in [-0.4, -0.2) is 26.2 Å². The number of hydrogen-bond donors (Lipinski definition) is 0. The van der Waals surface area contributed by atoms with Crippen molar-refractivity contribution in [2.24, 2.45) is 0 Å². The first-order valence-corrected chi connectivity index (χ1v) is 9.95. The quantitative estimate of drug-likeness (QED) is 0.582. The first kappa shape index (κ1) is 21.9. The molecule has 1 aliphatic rings. The van der Waals surface area contributed by atoms with Gasteiger partial charge in [-0.05, 0) is 55.8 Å². The monoisotopic (exact) mass is 445 g/mol. The van der Waals surface area contributed by atoms with Gasteiger partial charge in [0, 0.05) is 27.1 Å². The van der Waals surface area contributed by atoms with E-state index in [1.165, 1.54) is 14.2 Å². The molecule has 0 aliphatic carbocycles. The maximum atomic E-state index is 12.9. The number of hydrogen-bond acceptors (Lipinski definition) is 5. The number of benzene rings is 2. The highest BCUT2D eigenvalue weighted by Gasteiger charge is 2.40. The topological polar surface area (TPSA) is 55.8 Å². The van der Waals surface area contributed by atoms with Crippen LogP contribution in [0.5, 0.6) is 0 Å². The van der Waals surface area contributed by atoms with Crippen LogP contribution in [0.2, 0.25) is 10.0 Å². The lowest BCUT2D eigenvalue weighted by atomic mass is 9.79. The van der Waals surface area contributed by atoms with Gasteiger partial charge < -0.3 is 14.4 Å². The molecule has 7 heteroatoms. The number of anilines is 1. The molecule has 0 atom stereocenters. The van der Waals surface area contributed by atoms with Crippen LogP contribution < -0.4 is 4.90 Å². The second-order valence-corrected chi connectivity index (χ2v) is 7.65. The molecule has 0 bridgehead atoms. The molecule has 3 rings (SSSR count). The minimum atomic E-state index is -0.661. The molecule has 0 saturated carbocycles. The van der Waals surface area contributed by atoms with Gasteiger partial charge in [-0.1, -0.05) is 35.3 Å². The number of rotatable bonds is 4. The third kappa shape index (κ3) is 3.95. The zero-order valence-electron chi connectivity index (χ0n) is 17.0. The largest absolute Gasteiger partial charge is 0.466 e. The van der Waals surface area contributed by atoms with Gasteiger partial charge in [0.25, 0.3) is 0 Å². The summed E-state index contributed by atoms with van der Waals surface area (Å²) in [6, 6.07) is 14.2. The highest BCUT2D eigenvalue weighted by atomic mass is 35.5. The van der Waals surface area contributed by atoms with E-state index >= 15 is 0 Å². The van der Waals surface area contributed by atoms with E-state index in [9.17, 15) is 9.59 Å². The summed E-state index contributed by atoms with van der Waals surface area (Å²) in [6.45, 7) is 3.64. The molecule has 0 radical (unpaired) electrons. The average molecular weight is 446 g/mol. The second kappa shape index (κ2) is 8.94. The molecule has 2 aromatic carbocycles. The van der Waals surface area contributed by atoms with Gasteiger partial charge >= 0.3 is 11.9 Å². The number of ether oxygens (including phenoxy) is 2. The second-order valence-electron chi connectivity index (χ2n) is 6.78. The van der Waals surface area contributed by atoms with Crippen LogP contribution in [0.4, 0.5) is 5.69 Å². The van der Waals surface area contributed by atoms with Crippen LogP contribution in [0, 0.1) is 0 Å². The van der Waals surface area contributed by atoms with Crippen molar-refractivity contribution in [3.05, 3.63) is 86.7 Å². The van der Waals surface area contributed by atoms with Crippen LogP contribution in [-0.2, 0) is 19.1 Å². The normalized spacial score (nSPS) is 14.8. The van der Waals surface area contributed by atoms with Gasteiger partial charge in [0.2, 0.25) is 0 Å². The van der Waals surface area contributed by atoms with E-state index in [2.05, 4.69) is 0 Å². The van der Waals surface area contributed by atoms with Gasteiger partial charge in [-0.25, -0.2) is 9.59 Å². The Balaban J connectivity index is 2.32. The summed E-state index contributed by atoms with van der Waals surface area (Å²) in [5, 5.41) is 1.14. The SMILES string of the molecule is COC(=O)C1=C(C)N(c2ccc(Cl)cc2)C(C)=C(C(=O)OC)C1c1ccc(Cl)cc1. The van der Waals surface area contributed by atoms with E-state index in [-0.39, 0.29) is 0 Å². The molecule has 0 N–H and O–H groups in total. The lowest BCUT2D eigenvalue weighted by Gasteiger charge is -2.37. The molecule has 30 heavy (non-hydrogen) atoms. The number of methoxy groups -OCH3 is 2. The Hall–Kier alpha value is -2.76. The van der Waals surface area contributed by atoms with Crippen LogP contribution in [0.1, 0.15) is 25.3 Å². The van der Waals surface area contributed by atoms with E-state index in [4.69, 9.17) is 32.7 Å². The minimum absolute atomic E-state index is 0.348. The molecule has 0 unspecified atom stereocenters. The predicted molar refractivity (Wildman–Crippen MR) is 118 cm³/mol. The Kier molecular flexibility index (Phi) is 6.54. The Morgan fingerprint density at radius 2 is 1.17 bits per heavy atom. The molecule has 0 aromatic heterocycles. The van der Waals surface area contributed by atoms with Gasteiger partial charge in [0.15, 0.2) is 0 Å². The molecule has 0 spiro atoms. The summed E-state index contributed by atoms with van der Waals surface area (Å²) < 4.78 is 10.2. The zero-order chi connectivity index (χ0) is 22.0. The molecular weight excluding hydrogens is 425 g/mol. The number of esters is 2. The van der Waals surface area contributed by atoms with E-state index in [1.54, 1.807) is 36.4 Å². The number of carbonyl (C=O) groups is 2. The fourth-order valence-electron chi connectivity index (χ4n) is 3.77. The van der Waals surface area contributed by atoms with Gasteiger partial charge in [-0.2, -0.15) is 0 Å². The van der Waals surface area contributed by atoms with E-state index in [0.717, 1.165) is 11.3 Å². The van der Waals surface area contributed by atoms with Crippen molar-refractivity contribution in [3.8, 4) is 0 Å². The van der Waals surface area contributed by atoms with E-state index < -0.39 is 17.9 Å². The summed E-state index contributed by atoms with van der Waals surface area (Å²) in [7, 11) is 2.63. The number of allylic oxidation sites excluding steroid dienone is 2. The fraction of sp³-hybridized carbons (Fsp3) is 0.217. The lowest BCUT2D eigenvalue weighted by Crippen LogP contribution is -2.35. The zero-order valence-corrected chi connectivity index (χ0v) is 18.5. The van der Waals surface area contributed by atoms with Crippen LogP contribution in [0.3, 0.4) is 0 Å². The summed E-state index contributed by atoms with van der Waals surface area (Å²) in [6.07, 6.45) is 0. The smallest absolute Gasteiger partial charge is 0.336 e. The number of halogens is 2. The maximum Gasteiger partial charge on any atom is 0.336 e. The number of carbonyl (C=O) groups excluding carboxylic acids is 2. The van der Waals surface area contributed by atoms with Crippen LogP contribution in [0.25, 0.3) is 0 Å². The summed E-state index contributed by atoms with van der Waals surface area (Å²) in [4.78, 5) is 27.6. The van der Waals surface area contributed by atoms with Crippen molar-refractivity contribution >= 4 is 40.8 Å². The summed E-state index contributed by atoms with van der Waals surface area (Å²) in [5.74, 6) is -1.72. The molecule has 0 amide bonds. The fourth-order valence-corrected chi connectivity index (χ4v) is 4.02. The van der Waals surface area contributed by atoms with E-state index in [1.807, 2.05) is 30.9 Å². The Morgan fingerprint density at radius 3 is 1.57 bits per heavy atom. The van der Waals surface area contributed by atoms with Crippen molar-refractivity contribution < 1.29 is 19.1 Å². The van der Waals surface area contributed by atoms with Gasteiger partial charge in [-0.15, -0.1) is 0 Å². The van der Waals surface area contributed by atoms with Crippen molar-refractivity contribution in [3.63, 3.8) is 0 Å². The standard InChI is InChI=1S/C23H21Cl2NO4/c1-13-19(22(27)29-3)21(15-5-7-16(24)8-6-15)20(23(28)30-4)14(2)26(13)18-11-9-17(25)10-12-18/h5-12,21H,1-4H3. The van der Waals surface area contributed by atoms with Crippen molar-refractivity contribution in [2.75, 3.05) is 19.1 Å². The van der Waals surface area contributed by atoms with E-state index in [0.29, 0.717) is 32.6 Å². The highest BCUT2D eigenvalue weighted by Crippen LogP contribution is 2.44. The Morgan fingerprint density at radius 1 is 0.767 bits per heavy atom. The van der Waals surface area contributed by atoms with Crippen molar-refractivity contribution in [2.45, 2.75) is 19.8 Å². The first-order valence-electron chi connectivity index (χ1n) is 9.19. The van der Waals surface area contributed by atoms with Crippen LogP contribution >= 0.6 is 23.2 Å². The predicted octanol–water partition coefficient (Wildman–Crippen LogP) is 5.49. The third-order valence-electron chi connectivity index (χ3n) is 5.13. The van der Waals surface area contributed by atoms with Crippen LogP contribution in [0.15, 0.2) is 71.1 Å². The lowest BCUT2D eigenvalue weighted by molar-refractivity contribution is -0.137. The molecule has 0 fully saturated rings.